The van der Waals surface area contributed by atoms with E-state index in [4.69, 9.17) is 0 Å². The lowest BCUT2D eigenvalue weighted by molar-refractivity contribution is 0.0599. The smallest absolute Gasteiger partial charge is 0.339 e. The number of amides is 1. The van der Waals surface area contributed by atoms with E-state index >= 15 is 0 Å². The average molecular weight is 314 g/mol. The lowest BCUT2D eigenvalue weighted by atomic mass is 10.1. The number of nitrogens with one attached hydrogen (secondary N) is 2. The maximum Gasteiger partial charge on any atom is 0.339 e. The summed E-state index contributed by atoms with van der Waals surface area (Å²) < 4.78 is 4.65. The molecule has 0 radical (unpaired) electrons. The molecular weight excluding hydrogens is 296 g/mol. The van der Waals surface area contributed by atoms with Gasteiger partial charge in [0.05, 0.1) is 18.7 Å². The number of H-pyrrole nitrogens is 1. The second-order valence-corrected chi connectivity index (χ2v) is 5.15. The fourth-order valence-corrected chi connectivity index (χ4v) is 2.21. The molecule has 0 bridgehead atoms. The second-order valence-electron chi connectivity index (χ2n) is 5.15. The van der Waals surface area contributed by atoms with Gasteiger partial charge in [0.15, 0.2) is 0 Å². The number of benzene rings is 1. The van der Waals surface area contributed by atoms with Crippen molar-refractivity contribution in [1.82, 2.24) is 10.3 Å². The molecule has 0 saturated carbocycles. The molecule has 23 heavy (non-hydrogen) atoms. The summed E-state index contributed by atoms with van der Waals surface area (Å²) in [5.74, 6) is -1.16. The molecule has 2 N–H and O–H groups in total. The third-order valence-electron chi connectivity index (χ3n) is 3.54. The van der Waals surface area contributed by atoms with Crippen LogP contribution >= 0.6 is 0 Å². The molecule has 0 fully saturated rings. The van der Waals surface area contributed by atoms with Gasteiger partial charge in [-0.1, -0.05) is 30.3 Å². The van der Waals surface area contributed by atoms with Crippen molar-refractivity contribution in [3.05, 3.63) is 69.1 Å². The normalized spacial score (nSPS) is 11.6. The fourth-order valence-electron chi connectivity index (χ4n) is 2.21. The number of esters is 1. The van der Waals surface area contributed by atoms with Crippen LogP contribution in [0.3, 0.4) is 0 Å². The molecule has 0 aliphatic rings. The quantitative estimate of drug-likeness (QED) is 0.844. The summed E-state index contributed by atoms with van der Waals surface area (Å²) in [5.41, 5.74) is 0.753. The summed E-state index contributed by atoms with van der Waals surface area (Å²) in [6.07, 6.45) is 0. The Bertz CT molecular complexity index is 781. The van der Waals surface area contributed by atoms with Crippen LogP contribution in [0.4, 0.5) is 0 Å². The van der Waals surface area contributed by atoms with Crippen LogP contribution in [0.5, 0.6) is 0 Å². The van der Waals surface area contributed by atoms with Gasteiger partial charge in [-0.2, -0.15) is 0 Å². The van der Waals surface area contributed by atoms with Gasteiger partial charge < -0.3 is 15.0 Å². The van der Waals surface area contributed by atoms with Crippen molar-refractivity contribution >= 4 is 11.9 Å². The van der Waals surface area contributed by atoms with Crippen LogP contribution in [0, 0.1) is 6.92 Å². The molecule has 1 atom stereocenters. The zero-order chi connectivity index (χ0) is 17.0. The fraction of sp³-hybridized carbons (Fsp3) is 0.235. The third-order valence-corrected chi connectivity index (χ3v) is 3.54. The Kier molecular flexibility index (Phi) is 4.95. The van der Waals surface area contributed by atoms with Crippen molar-refractivity contribution in [3.63, 3.8) is 0 Å². The lowest BCUT2D eigenvalue weighted by Gasteiger charge is -2.14. The Morgan fingerprint density at radius 2 is 1.83 bits per heavy atom. The molecule has 6 nitrogen and oxygen atoms in total. The van der Waals surface area contributed by atoms with Crippen LogP contribution in [0.2, 0.25) is 0 Å². The minimum atomic E-state index is -0.607. The summed E-state index contributed by atoms with van der Waals surface area (Å²) in [5, 5.41) is 2.75. The van der Waals surface area contributed by atoms with E-state index in [1.54, 1.807) is 6.92 Å². The standard InChI is InChI=1S/C17H18N2O4/c1-10(12-7-5-4-6-8-12)18-15(20)14-9-13(17(22)23-3)11(2)19-16(14)21/h4-10H,1-3H3,(H,18,20)(H,19,21)/t10-/m0/s1. The summed E-state index contributed by atoms with van der Waals surface area (Å²) in [4.78, 5) is 38.5. The first-order chi connectivity index (χ1) is 10.9. The average Bonchev–Trinajstić information content (AvgIpc) is 2.54. The molecular formula is C17H18N2O4. The van der Waals surface area contributed by atoms with Crippen LogP contribution in [-0.2, 0) is 4.74 Å². The molecule has 1 aromatic heterocycles. The number of hydrogen-bond acceptors (Lipinski definition) is 4. The molecule has 120 valence electrons. The van der Waals surface area contributed by atoms with Gasteiger partial charge in [0.1, 0.15) is 5.56 Å². The van der Waals surface area contributed by atoms with E-state index in [2.05, 4.69) is 15.0 Å². The van der Waals surface area contributed by atoms with Crippen molar-refractivity contribution in [2.75, 3.05) is 7.11 Å². The molecule has 0 aliphatic carbocycles. The number of aryl methyl sites for hydroxylation is 1. The monoisotopic (exact) mass is 314 g/mol. The predicted octanol–water partition coefficient (Wildman–Crippen LogP) is 1.96. The maximum absolute atomic E-state index is 12.3. The van der Waals surface area contributed by atoms with E-state index in [0.29, 0.717) is 5.69 Å². The maximum atomic E-state index is 12.3. The van der Waals surface area contributed by atoms with Crippen LogP contribution in [0.25, 0.3) is 0 Å². The number of rotatable bonds is 4. The number of methoxy groups -OCH3 is 1. The summed E-state index contributed by atoms with van der Waals surface area (Å²) in [7, 11) is 1.24. The molecule has 0 spiro atoms. The lowest BCUT2D eigenvalue weighted by Crippen LogP contribution is -2.32. The second kappa shape index (κ2) is 6.91. The highest BCUT2D eigenvalue weighted by atomic mass is 16.5. The van der Waals surface area contributed by atoms with E-state index in [1.807, 2.05) is 37.3 Å². The Labute approximate surface area is 133 Å². The zero-order valence-electron chi connectivity index (χ0n) is 13.2. The van der Waals surface area contributed by atoms with Crippen molar-refractivity contribution < 1.29 is 14.3 Å². The first-order valence-corrected chi connectivity index (χ1v) is 7.12. The number of aromatic nitrogens is 1. The summed E-state index contributed by atoms with van der Waals surface area (Å²) in [6.45, 7) is 3.39. The number of carbonyl (C=O) groups is 2. The molecule has 0 saturated heterocycles. The minimum absolute atomic E-state index is 0.126. The Balaban J connectivity index is 2.29. The Hall–Kier alpha value is -2.89. The van der Waals surface area contributed by atoms with E-state index in [1.165, 1.54) is 13.2 Å². The van der Waals surface area contributed by atoms with Crippen molar-refractivity contribution in [3.8, 4) is 0 Å². The van der Waals surface area contributed by atoms with Gasteiger partial charge >= 0.3 is 5.97 Å². The first-order valence-electron chi connectivity index (χ1n) is 7.12. The van der Waals surface area contributed by atoms with Crippen LogP contribution in [-0.4, -0.2) is 24.0 Å². The predicted molar refractivity (Wildman–Crippen MR) is 85.5 cm³/mol. The van der Waals surface area contributed by atoms with E-state index in [0.717, 1.165) is 5.56 Å². The molecule has 2 rings (SSSR count). The molecule has 1 aromatic carbocycles. The van der Waals surface area contributed by atoms with Crippen molar-refractivity contribution in [1.29, 1.82) is 0 Å². The Morgan fingerprint density at radius 1 is 1.17 bits per heavy atom. The number of pyridine rings is 1. The van der Waals surface area contributed by atoms with E-state index < -0.39 is 17.4 Å². The highest BCUT2D eigenvalue weighted by molar-refractivity contribution is 5.98. The highest BCUT2D eigenvalue weighted by Crippen LogP contribution is 2.12. The van der Waals surface area contributed by atoms with Crippen molar-refractivity contribution in [2.45, 2.75) is 19.9 Å². The van der Waals surface area contributed by atoms with E-state index in [9.17, 15) is 14.4 Å². The third kappa shape index (κ3) is 3.66. The van der Waals surface area contributed by atoms with Crippen molar-refractivity contribution in [2.24, 2.45) is 0 Å². The van der Waals surface area contributed by atoms with Gasteiger partial charge in [0.2, 0.25) is 0 Å². The van der Waals surface area contributed by atoms with Gasteiger partial charge in [0, 0.05) is 5.69 Å². The Morgan fingerprint density at radius 3 is 2.43 bits per heavy atom. The van der Waals surface area contributed by atoms with Gasteiger partial charge in [-0.05, 0) is 25.5 Å². The number of hydrogen-bond donors (Lipinski definition) is 2. The molecule has 0 aliphatic heterocycles. The summed E-state index contributed by atoms with van der Waals surface area (Å²) in [6, 6.07) is 10.4. The largest absolute Gasteiger partial charge is 0.465 e. The van der Waals surface area contributed by atoms with Gasteiger partial charge in [-0.3, -0.25) is 9.59 Å². The molecule has 1 amide bonds. The molecule has 0 unspecified atom stereocenters. The summed E-state index contributed by atoms with van der Waals surface area (Å²) >= 11 is 0. The topological polar surface area (TPSA) is 88.3 Å². The van der Waals surface area contributed by atoms with Gasteiger partial charge in [-0.25, -0.2) is 4.79 Å². The molecule has 6 heteroatoms. The van der Waals surface area contributed by atoms with Crippen LogP contribution < -0.4 is 10.9 Å². The van der Waals surface area contributed by atoms with Gasteiger partial charge in [0.25, 0.3) is 11.5 Å². The molecule has 1 heterocycles. The first kappa shape index (κ1) is 16.5. The SMILES string of the molecule is COC(=O)c1cc(C(=O)N[C@@H](C)c2ccccc2)c(=O)[nH]c1C. The van der Waals surface area contributed by atoms with Crippen LogP contribution in [0.15, 0.2) is 41.2 Å². The van der Waals surface area contributed by atoms with E-state index in [-0.39, 0.29) is 17.2 Å². The number of carbonyl (C=O) groups excluding carboxylic acids is 2. The zero-order valence-corrected chi connectivity index (χ0v) is 13.2. The van der Waals surface area contributed by atoms with Gasteiger partial charge in [-0.15, -0.1) is 0 Å². The highest BCUT2D eigenvalue weighted by Gasteiger charge is 2.19. The number of aromatic amines is 1. The molecule has 2 aromatic rings. The van der Waals surface area contributed by atoms with Crippen LogP contribution in [0.1, 0.15) is 44.9 Å². The minimum Gasteiger partial charge on any atom is -0.465 e. The number of ether oxygens (including phenoxy) is 1.